The van der Waals surface area contributed by atoms with Gasteiger partial charge in [-0.15, -0.1) is 0 Å². The maximum atomic E-state index is 13.3. The Kier molecular flexibility index (Phi) is 2.26. The summed E-state index contributed by atoms with van der Waals surface area (Å²) in [6, 6.07) is 3.74. The van der Waals surface area contributed by atoms with E-state index in [4.69, 9.17) is 5.11 Å². The average molecular weight is 228 g/mol. The van der Waals surface area contributed by atoms with E-state index in [2.05, 4.69) is 0 Å². The van der Waals surface area contributed by atoms with Gasteiger partial charge >= 0.3 is 11.9 Å². The Morgan fingerprint density at radius 2 is 2.06 bits per heavy atom. The van der Waals surface area contributed by atoms with Gasteiger partial charge in [0.2, 0.25) is 0 Å². The molecule has 5 heteroatoms. The van der Waals surface area contributed by atoms with Gasteiger partial charge in [0.1, 0.15) is 5.82 Å². The number of allylic oxidation sites excluding steroid dienone is 1. The molecule has 0 amide bonds. The number of carbonyl (C=O) groups is 1. The Morgan fingerprint density at radius 1 is 1.38 bits per heavy atom. The van der Waals surface area contributed by atoms with Crippen LogP contribution in [0, 0.1) is 5.82 Å². The SMILES string of the molecule is O=C(O)C(F)(F)C1=CCc2c(F)cccc21. The van der Waals surface area contributed by atoms with Crippen LogP contribution in [-0.4, -0.2) is 17.0 Å². The van der Waals surface area contributed by atoms with Crippen molar-refractivity contribution in [1.29, 1.82) is 0 Å². The zero-order chi connectivity index (χ0) is 11.9. The molecule has 16 heavy (non-hydrogen) atoms. The van der Waals surface area contributed by atoms with Gasteiger partial charge in [0.15, 0.2) is 0 Å². The van der Waals surface area contributed by atoms with Crippen LogP contribution in [-0.2, 0) is 11.2 Å². The Bertz CT molecular complexity index is 492. The predicted molar refractivity (Wildman–Crippen MR) is 50.7 cm³/mol. The van der Waals surface area contributed by atoms with Gasteiger partial charge in [0.05, 0.1) is 0 Å². The number of hydrogen-bond acceptors (Lipinski definition) is 1. The molecule has 2 nitrogen and oxygen atoms in total. The number of fused-ring (bicyclic) bond motifs is 1. The van der Waals surface area contributed by atoms with Gasteiger partial charge in [-0.05, 0) is 23.6 Å². The lowest BCUT2D eigenvalue weighted by atomic mass is 10.0. The highest BCUT2D eigenvalue weighted by atomic mass is 19.3. The number of carboxylic acid groups (broad SMARTS) is 1. The normalized spacial score (nSPS) is 14.6. The molecule has 1 aromatic rings. The summed E-state index contributed by atoms with van der Waals surface area (Å²) in [6.07, 6.45) is 1.06. The van der Waals surface area contributed by atoms with E-state index in [0.717, 1.165) is 12.1 Å². The largest absolute Gasteiger partial charge is 0.477 e. The third-order valence-electron chi connectivity index (χ3n) is 2.53. The van der Waals surface area contributed by atoms with Gasteiger partial charge in [-0.25, -0.2) is 9.18 Å². The molecular weight excluding hydrogens is 221 g/mol. The number of benzene rings is 1. The second-order valence-electron chi connectivity index (χ2n) is 3.47. The fourth-order valence-corrected chi connectivity index (χ4v) is 1.75. The van der Waals surface area contributed by atoms with Crippen LogP contribution in [0.2, 0.25) is 0 Å². The fraction of sp³-hybridized carbons (Fsp3) is 0.182. The van der Waals surface area contributed by atoms with E-state index in [1.807, 2.05) is 0 Å². The molecule has 0 atom stereocenters. The molecule has 0 aromatic heterocycles. The summed E-state index contributed by atoms with van der Waals surface area (Å²) >= 11 is 0. The lowest BCUT2D eigenvalue weighted by molar-refractivity contribution is -0.156. The fourth-order valence-electron chi connectivity index (χ4n) is 1.75. The highest BCUT2D eigenvalue weighted by Crippen LogP contribution is 2.39. The van der Waals surface area contributed by atoms with E-state index < -0.39 is 23.3 Å². The maximum Gasteiger partial charge on any atom is 0.379 e. The predicted octanol–water partition coefficient (Wildman–Crippen LogP) is 2.49. The quantitative estimate of drug-likeness (QED) is 0.844. The Labute approximate surface area is 89.0 Å². The van der Waals surface area contributed by atoms with Crippen molar-refractivity contribution in [3.63, 3.8) is 0 Å². The lowest BCUT2D eigenvalue weighted by Crippen LogP contribution is -2.29. The Balaban J connectivity index is 2.52. The topological polar surface area (TPSA) is 37.3 Å². The minimum atomic E-state index is -3.97. The molecule has 0 bridgehead atoms. The van der Waals surface area contributed by atoms with Crippen LogP contribution in [0.4, 0.5) is 13.2 Å². The van der Waals surface area contributed by atoms with Crippen molar-refractivity contribution < 1.29 is 23.1 Å². The molecule has 0 fully saturated rings. The molecule has 0 heterocycles. The van der Waals surface area contributed by atoms with E-state index in [0.29, 0.717) is 0 Å². The molecule has 0 saturated carbocycles. The van der Waals surface area contributed by atoms with E-state index >= 15 is 0 Å². The van der Waals surface area contributed by atoms with Crippen LogP contribution in [0.25, 0.3) is 5.57 Å². The highest BCUT2D eigenvalue weighted by molar-refractivity contribution is 5.95. The summed E-state index contributed by atoms with van der Waals surface area (Å²) in [5.41, 5.74) is -0.527. The first-order valence-electron chi connectivity index (χ1n) is 4.54. The van der Waals surface area contributed by atoms with E-state index in [1.54, 1.807) is 0 Å². The van der Waals surface area contributed by atoms with Gasteiger partial charge in [-0.2, -0.15) is 8.78 Å². The molecular formula is C11H7F3O2. The van der Waals surface area contributed by atoms with Crippen molar-refractivity contribution in [3.05, 3.63) is 41.2 Å². The maximum absolute atomic E-state index is 13.3. The van der Waals surface area contributed by atoms with Gasteiger partial charge in [-0.3, -0.25) is 0 Å². The standard InChI is InChI=1S/C11H7F3O2/c12-9-3-1-2-6-7(9)4-5-8(6)11(13,14)10(15)16/h1-3,5H,4H2,(H,15,16). The average Bonchev–Trinajstić information content (AvgIpc) is 2.63. The summed E-state index contributed by atoms with van der Waals surface area (Å²) in [5.74, 6) is -6.79. The van der Waals surface area contributed by atoms with E-state index in [9.17, 15) is 18.0 Å². The second kappa shape index (κ2) is 3.37. The number of rotatable bonds is 2. The first-order chi connectivity index (χ1) is 7.44. The molecule has 1 N–H and O–H groups in total. The first kappa shape index (κ1) is 10.7. The third kappa shape index (κ3) is 1.39. The van der Waals surface area contributed by atoms with Crippen LogP contribution in [0.3, 0.4) is 0 Å². The summed E-state index contributed by atoms with van der Waals surface area (Å²) in [5, 5.41) is 8.41. The summed E-state index contributed by atoms with van der Waals surface area (Å²) in [7, 11) is 0. The smallest absolute Gasteiger partial charge is 0.379 e. The van der Waals surface area contributed by atoms with Crippen molar-refractivity contribution in [3.8, 4) is 0 Å². The molecule has 0 aliphatic heterocycles. The zero-order valence-electron chi connectivity index (χ0n) is 8.01. The molecule has 0 unspecified atom stereocenters. The molecule has 84 valence electrons. The van der Waals surface area contributed by atoms with Crippen LogP contribution >= 0.6 is 0 Å². The number of halogens is 3. The van der Waals surface area contributed by atoms with Crippen molar-refractivity contribution in [1.82, 2.24) is 0 Å². The van der Waals surface area contributed by atoms with Crippen molar-refractivity contribution >= 4 is 11.5 Å². The zero-order valence-corrected chi connectivity index (χ0v) is 8.01. The van der Waals surface area contributed by atoms with Gasteiger partial charge in [0.25, 0.3) is 0 Å². The number of alkyl halides is 2. The number of aliphatic carboxylic acids is 1. The third-order valence-corrected chi connectivity index (χ3v) is 2.53. The summed E-state index contributed by atoms with van der Waals surface area (Å²) < 4.78 is 39.8. The van der Waals surface area contributed by atoms with Crippen LogP contribution in [0.15, 0.2) is 24.3 Å². The highest BCUT2D eigenvalue weighted by Gasteiger charge is 2.45. The van der Waals surface area contributed by atoms with Crippen LogP contribution < -0.4 is 0 Å². The molecule has 1 aliphatic rings. The van der Waals surface area contributed by atoms with E-state index in [-0.39, 0.29) is 17.5 Å². The Morgan fingerprint density at radius 3 is 2.69 bits per heavy atom. The summed E-state index contributed by atoms with van der Waals surface area (Å²) in [4.78, 5) is 10.4. The molecule has 0 saturated heterocycles. The second-order valence-corrected chi connectivity index (χ2v) is 3.47. The molecule has 0 spiro atoms. The monoisotopic (exact) mass is 228 g/mol. The number of hydrogen-bond donors (Lipinski definition) is 1. The van der Waals surface area contributed by atoms with E-state index in [1.165, 1.54) is 12.1 Å². The first-order valence-corrected chi connectivity index (χ1v) is 4.54. The lowest BCUT2D eigenvalue weighted by Gasteiger charge is -2.14. The van der Waals surface area contributed by atoms with Crippen molar-refractivity contribution in [2.75, 3.05) is 0 Å². The summed E-state index contributed by atoms with van der Waals surface area (Å²) in [6.45, 7) is 0. The molecule has 1 aliphatic carbocycles. The van der Waals surface area contributed by atoms with Crippen LogP contribution in [0.1, 0.15) is 11.1 Å². The van der Waals surface area contributed by atoms with Gasteiger partial charge in [-0.1, -0.05) is 18.2 Å². The van der Waals surface area contributed by atoms with Crippen LogP contribution in [0.5, 0.6) is 0 Å². The minimum absolute atomic E-state index is 0.000208. The Hall–Kier alpha value is -1.78. The van der Waals surface area contributed by atoms with Crippen molar-refractivity contribution in [2.24, 2.45) is 0 Å². The van der Waals surface area contributed by atoms with Gasteiger partial charge in [0, 0.05) is 5.57 Å². The molecule has 2 rings (SSSR count). The van der Waals surface area contributed by atoms with Gasteiger partial charge < -0.3 is 5.11 Å². The molecule has 0 radical (unpaired) electrons. The number of carboxylic acids is 1. The van der Waals surface area contributed by atoms with Crippen molar-refractivity contribution in [2.45, 2.75) is 12.3 Å². The minimum Gasteiger partial charge on any atom is -0.477 e. The molecule has 1 aromatic carbocycles.